The Balaban J connectivity index is 1.52. The van der Waals surface area contributed by atoms with Crippen molar-refractivity contribution in [3.05, 3.63) is 59.3 Å². The molecule has 0 radical (unpaired) electrons. The number of aromatic nitrogens is 3. The highest BCUT2D eigenvalue weighted by molar-refractivity contribution is 6.30. The monoisotopic (exact) mass is 542 g/mol. The first kappa shape index (κ1) is 27.1. The summed E-state index contributed by atoms with van der Waals surface area (Å²) in [7, 11) is 1.44. The molecule has 3 heterocycles. The molecule has 1 aliphatic rings. The maximum Gasteiger partial charge on any atom is 0.410 e. The number of pyridine rings is 1. The van der Waals surface area contributed by atoms with Gasteiger partial charge in [-0.05, 0) is 51.5 Å². The minimum Gasteiger partial charge on any atom is -0.491 e. The summed E-state index contributed by atoms with van der Waals surface area (Å²) in [5.74, 6) is -0.337. The van der Waals surface area contributed by atoms with Crippen LogP contribution < -0.4 is 15.4 Å². The van der Waals surface area contributed by atoms with E-state index in [1.165, 1.54) is 43.9 Å². The molecule has 200 valence electrons. The molecule has 1 saturated heterocycles. The Morgan fingerprint density at radius 3 is 2.74 bits per heavy atom. The molecular weight excluding hydrogens is 515 g/mol. The van der Waals surface area contributed by atoms with Gasteiger partial charge in [0.25, 0.3) is 5.91 Å². The number of anilines is 2. The maximum atomic E-state index is 14.4. The Kier molecular flexibility index (Phi) is 7.96. The number of hydrogen-bond donors (Lipinski definition) is 2. The third-order valence-electron chi connectivity index (χ3n) is 5.64. The standard InChI is InChI=1S/C26H28ClFN6O4/c1-26(2,3)38-25(36)34-10-8-16(14-34)31-24(35)18-12-29-9-7-20(18)32-23-21(37-4)13-30-22(33-23)17-11-15(27)5-6-19(17)28/h5-7,9,11-13,16H,8,10,14H2,1-4H3,(H,31,35)(H,29,30,32,33). The molecule has 1 unspecified atom stereocenters. The van der Waals surface area contributed by atoms with Gasteiger partial charge in [-0.3, -0.25) is 9.78 Å². The first-order valence-corrected chi connectivity index (χ1v) is 12.3. The summed E-state index contributed by atoms with van der Waals surface area (Å²) < 4.78 is 25.2. The molecule has 2 amide bonds. The highest BCUT2D eigenvalue weighted by Gasteiger charge is 2.31. The van der Waals surface area contributed by atoms with Crippen LogP contribution >= 0.6 is 11.6 Å². The largest absolute Gasteiger partial charge is 0.491 e. The fraction of sp³-hybridized carbons (Fsp3) is 0.346. The first-order valence-electron chi connectivity index (χ1n) is 11.9. The number of carbonyl (C=O) groups excluding carboxylic acids is 2. The van der Waals surface area contributed by atoms with Gasteiger partial charge < -0.3 is 25.0 Å². The van der Waals surface area contributed by atoms with Crippen LogP contribution in [0.15, 0.2) is 42.9 Å². The second kappa shape index (κ2) is 11.2. The van der Waals surface area contributed by atoms with E-state index in [4.69, 9.17) is 21.1 Å². The van der Waals surface area contributed by atoms with E-state index in [2.05, 4.69) is 25.6 Å². The number of nitrogens with zero attached hydrogens (tertiary/aromatic N) is 4. The van der Waals surface area contributed by atoms with Crippen LogP contribution in [-0.4, -0.2) is 63.7 Å². The van der Waals surface area contributed by atoms with Crippen molar-refractivity contribution in [1.82, 2.24) is 25.2 Å². The van der Waals surface area contributed by atoms with Crippen molar-refractivity contribution < 1.29 is 23.5 Å². The van der Waals surface area contributed by atoms with Crippen molar-refractivity contribution in [1.29, 1.82) is 0 Å². The predicted octanol–water partition coefficient (Wildman–Crippen LogP) is 4.82. The maximum absolute atomic E-state index is 14.4. The predicted molar refractivity (Wildman–Crippen MR) is 140 cm³/mol. The van der Waals surface area contributed by atoms with Crippen LogP contribution in [0.2, 0.25) is 5.02 Å². The molecule has 1 atom stereocenters. The molecule has 0 aliphatic carbocycles. The third-order valence-corrected chi connectivity index (χ3v) is 5.87. The number of hydrogen-bond acceptors (Lipinski definition) is 8. The minimum atomic E-state index is -0.602. The number of nitrogens with one attached hydrogen (secondary N) is 2. The molecule has 2 N–H and O–H groups in total. The summed E-state index contributed by atoms with van der Waals surface area (Å²) in [4.78, 5) is 39.8. The lowest BCUT2D eigenvalue weighted by atomic mass is 10.2. The van der Waals surface area contributed by atoms with Crippen LogP contribution in [0.4, 0.5) is 20.7 Å². The van der Waals surface area contributed by atoms with Crippen molar-refractivity contribution in [2.24, 2.45) is 0 Å². The summed E-state index contributed by atoms with van der Waals surface area (Å²) in [6.07, 6.45) is 4.51. The molecule has 1 aliphatic heterocycles. The number of rotatable bonds is 6. The first-order chi connectivity index (χ1) is 18.0. The Morgan fingerprint density at radius 1 is 1.21 bits per heavy atom. The molecule has 1 fully saturated rings. The van der Waals surface area contributed by atoms with Gasteiger partial charge in [0.15, 0.2) is 17.4 Å². The average Bonchev–Trinajstić information content (AvgIpc) is 3.33. The number of carbonyl (C=O) groups is 2. The number of benzene rings is 1. The van der Waals surface area contributed by atoms with Crippen LogP contribution in [0.1, 0.15) is 37.6 Å². The quantitative estimate of drug-likeness (QED) is 0.455. The summed E-state index contributed by atoms with van der Waals surface area (Å²) in [5, 5.41) is 6.36. The molecular formula is C26H28ClFN6O4. The summed E-state index contributed by atoms with van der Waals surface area (Å²) >= 11 is 6.03. The summed E-state index contributed by atoms with van der Waals surface area (Å²) in [5.41, 5.74) is 0.162. The second-order valence-corrected chi connectivity index (χ2v) is 10.1. The van der Waals surface area contributed by atoms with E-state index in [-0.39, 0.29) is 40.5 Å². The molecule has 38 heavy (non-hydrogen) atoms. The molecule has 1 aromatic carbocycles. The minimum absolute atomic E-state index is 0.0848. The van der Waals surface area contributed by atoms with E-state index in [1.54, 1.807) is 31.7 Å². The lowest BCUT2D eigenvalue weighted by Crippen LogP contribution is -2.40. The second-order valence-electron chi connectivity index (χ2n) is 9.67. The van der Waals surface area contributed by atoms with Gasteiger partial charge in [-0.15, -0.1) is 0 Å². The zero-order valence-electron chi connectivity index (χ0n) is 21.4. The molecule has 3 aromatic rings. The zero-order chi connectivity index (χ0) is 27.4. The van der Waals surface area contributed by atoms with Gasteiger partial charge in [-0.25, -0.2) is 19.2 Å². The SMILES string of the molecule is COc1cnc(-c2cc(Cl)ccc2F)nc1Nc1ccncc1C(=O)NC1CCN(C(=O)OC(C)(C)C)C1. The number of ether oxygens (including phenoxy) is 2. The Hall–Kier alpha value is -3.99. The van der Waals surface area contributed by atoms with E-state index in [9.17, 15) is 14.0 Å². The number of likely N-dealkylation sites (tertiary alicyclic amines) is 1. The molecule has 12 heteroatoms. The lowest BCUT2D eigenvalue weighted by molar-refractivity contribution is 0.0290. The molecule has 10 nitrogen and oxygen atoms in total. The fourth-order valence-electron chi connectivity index (χ4n) is 3.85. The number of amides is 2. The van der Waals surface area contributed by atoms with Crippen LogP contribution in [0.3, 0.4) is 0 Å². The van der Waals surface area contributed by atoms with E-state index in [0.717, 1.165) is 0 Å². The van der Waals surface area contributed by atoms with Crippen molar-refractivity contribution in [3.63, 3.8) is 0 Å². The summed E-state index contributed by atoms with van der Waals surface area (Å²) in [6, 6.07) is 5.45. The van der Waals surface area contributed by atoms with Crippen molar-refractivity contribution in [2.45, 2.75) is 38.8 Å². The van der Waals surface area contributed by atoms with Gasteiger partial charge in [0.2, 0.25) is 0 Å². The Bertz CT molecular complexity index is 1350. The molecule has 0 bridgehead atoms. The number of methoxy groups -OCH3 is 1. The van der Waals surface area contributed by atoms with Gasteiger partial charge >= 0.3 is 6.09 Å². The van der Waals surface area contributed by atoms with Crippen LogP contribution in [0.5, 0.6) is 5.75 Å². The third kappa shape index (κ3) is 6.46. The lowest BCUT2D eigenvalue weighted by Gasteiger charge is -2.24. The number of halogens is 2. The zero-order valence-corrected chi connectivity index (χ0v) is 22.2. The normalized spacial score (nSPS) is 15.2. The van der Waals surface area contributed by atoms with Crippen LogP contribution in [-0.2, 0) is 4.74 Å². The van der Waals surface area contributed by atoms with E-state index in [1.807, 2.05) is 0 Å². The van der Waals surface area contributed by atoms with Gasteiger partial charge in [0, 0.05) is 36.5 Å². The molecule has 2 aromatic heterocycles. The Morgan fingerprint density at radius 2 is 2.00 bits per heavy atom. The fourth-order valence-corrected chi connectivity index (χ4v) is 4.03. The van der Waals surface area contributed by atoms with Crippen LogP contribution in [0.25, 0.3) is 11.4 Å². The summed E-state index contributed by atoms with van der Waals surface area (Å²) in [6.45, 7) is 6.21. The average molecular weight is 543 g/mol. The van der Waals surface area contributed by atoms with Gasteiger partial charge in [0.1, 0.15) is 11.4 Å². The highest BCUT2D eigenvalue weighted by Crippen LogP contribution is 2.31. The van der Waals surface area contributed by atoms with Gasteiger partial charge in [0.05, 0.1) is 30.1 Å². The van der Waals surface area contributed by atoms with E-state index in [0.29, 0.717) is 30.2 Å². The smallest absolute Gasteiger partial charge is 0.410 e. The highest BCUT2D eigenvalue weighted by atomic mass is 35.5. The van der Waals surface area contributed by atoms with Crippen molar-refractivity contribution in [3.8, 4) is 17.1 Å². The molecule has 0 spiro atoms. The van der Waals surface area contributed by atoms with Crippen LogP contribution in [0, 0.1) is 5.82 Å². The Labute approximate surface area is 224 Å². The van der Waals surface area contributed by atoms with Crippen molar-refractivity contribution in [2.75, 3.05) is 25.5 Å². The topological polar surface area (TPSA) is 119 Å². The van der Waals surface area contributed by atoms with E-state index < -0.39 is 17.5 Å². The van der Waals surface area contributed by atoms with E-state index >= 15 is 0 Å². The van der Waals surface area contributed by atoms with Crippen molar-refractivity contribution >= 4 is 35.1 Å². The molecule has 4 rings (SSSR count). The van der Waals surface area contributed by atoms with Gasteiger partial charge in [-0.1, -0.05) is 11.6 Å². The van der Waals surface area contributed by atoms with Gasteiger partial charge in [-0.2, -0.15) is 0 Å². The molecule has 0 saturated carbocycles.